The fourth-order valence-corrected chi connectivity index (χ4v) is 6.17. The van der Waals surface area contributed by atoms with Gasteiger partial charge in [-0.1, -0.05) is 36.4 Å². The Labute approximate surface area is 163 Å². The quantitative estimate of drug-likeness (QED) is 0.735. The van der Waals surface area contributed by atoms with Gasteiger partial charge in [0.05, 0.1) is 0 Å². The second kappa shape index (κ2) is 7.31. The molecule has 1 N–H and O–H groups in total. The van der Waals surface area contributed by atoms with Crippen molar-refractivity contribution < 1.29 is 4.74 Å². The molecule has 27 heavy (non-hydrogen) atoms. The molecule has 2 aromatic carbocycles. The first kappa shape index (κ1) is 17.3. The van der Waals surface area contributed by atoms with Crippen molar-refractivity contribution in [1.82, 2.24) is 5.32 Å². The smallest absolute Gasteiger partial charge is 0.120 e. The number of nitrogens with one attached hydrogen (secondary N) is 1. The largest absolute Gasteiger partial charge is 0.489 e. The maximum atomic E-state index is 6.07. The highest BCUT2D eigenvalue weighted by Crippen LogP contribution is 2.53. The fourth-order valence-electron chi connectivity index (χ4n) is 6.17. The minimum absolute atomic E-state index is 0.638. The molecule has 4 fully saturated rings. The summed E-state index contributed by atoms with van der Waals surface area (Å²) >= 11 is 0. The van der Waals surface area contributed by atoms with E-state index in [-0.39, 0.29) is 0 Å². The van der Waals surface area contributed by atoms with Crippen molar-refractivity contribution >= 4 is 0 Å². The lowest BCUT2D eigenvalue weighted by Crippen LogP contribution is -2.54. The van der Waals surface area contributed by atoms with Crippen LogP contribution in [-0.4, -0.2) is 6.04 Å². The van der Waals surface area contributed by atoms with Crippen LogP contribution in [0.25, 0.3) is 0 Å². The molecule has 2 heteroatoms. The molecule has 0 radical (unpaired) electrons. The number of rotatable bonds is 6. The van der Waals surface area contributed by atoms with Crippen molar-refractivity contribution in [1.29, 1.82) is 0 Å². The summed E-state index contributed by atoms with van der Waals surface area (Å²) in [6.45, 7) is 3.75. The van der Waals surface area contributed by atoms with Gasteiger partial charge in [0.25, 0.3) is 0 Å². The molecule has 0 spiro atoms. The first-order valence-corrected chi connectivity index (χ1v) is 10.7. The number of hydrogen-bond donors (Lipinski definition) is 1. The Morgan fingerprint density at radius 3 is 2.37 bits per heavy atom. The zero-order chi connectivity index (χ0) is 18.2. The molecule has 4 saturated carbocycles. The first-order valence-electron chi connectivity index (χ1n) is 10.7. The van der Waals surface area contributed by atoms with E-state index in [2.05, 4.69) is 60.8 Å². The van der Waals surface area contributed by atoms with Crippen LogP contribution in [0.15, 0.2) is 48.5 Å². The molecule has 0 aromatic heterocycles. The second-order valence-corrected chi connectivity index (χ2v) is 9.20. The van der Waals surface area contributed by atoms with Gasteiger partial charge in [0, 0.05) is 12.6 Å². The summed E-state index contributed by atoms with van der Waals surface area (Å²) in [6, 6.07) is 17.8. The number of hydrogen-bond acceptors (Lipinski definition) is 2. The predicted octanol–water partition coefficient (Wildman–Crippen LogP) is 5.49. The Kier molecular flexibility index (Phi) is 4.69. The van der Waals surface area contributed by atoms with Gasteiger partial charge in [-0.15, -0.1) is 0 Å². The minimum atomic E-state index is 0.638. The Morgan fingerprint density at radius 2 is 1.63 bits per heavy atom. The second-order valence-electron chi connectivity index (χ2n) is 9.20. The van der Waals surface area contributed by atoms with E-state index in [9.17, 15) is 0 Å². The average Bonchev–Trinajstić information content (AvgIpc) is 2.67. The Balaban J connectivity index is 1.19. The van der Waals surface area contributed by atoms with Crippen molar-refractivity contribution in [2.24, 2.45) is 23.7 Å². The van der Waals surface area contributed by atoms with Gasteiger partial charge in [0.15, 0.2) is 0 Å². The Morgan fingerprint density at radius 1 is 0.889 bits per heavy atom. The van der Waals surface area contributed by atoms with E-state index in [0.29, 0.717) is 6.61 Å². The van der Waals surface area contributed by atoms with Crippen molar-refractivity contribution in [2.75, 3.05) is 0 Å². The maximum absolute atomic E-state index is 6.07. The summed E-state index contributed by atoms with van der Waals surface area (Å²) < 4.78 is 6.07. The summed E-state index contributed by atoms with van der Waals surface area (Å²) in [4.78, 5) is 0. The molecule has 2 aromatic rings. The summed E-state index contributed by atoms with van der Waals surface area (Å²) in [6.07, 6.45) is 7.43. The third-order valence-electron chi connectivity index (χ3n) is 7.32. The van der Waals surface area contributed by atoms with Gasteiger partial charge in [0.1, 0.15) is 12.4 Å². The van der Waals surface area contributed by atoms with Gasteiger partial charge in [0.2, 0.25) is 0 Å². The molecule has 0 unspecified atom stereocenters. The van der Waals surface area contributed by atoms with Crippen molar-refractivity contribution in [2.45, 2.75) is 58.2 Å². The predicted molar refractivity (Wildman–Crippen MR) is 110 cm³/mol. The third kappa shape index (κ3) is 3.65. The van der Waals surface area contributed by atoms with Crippen molar-refractivity contribution in [3.63, 3.8) is 0 Å². The lowest BCUT2D eigenvalue weighted by atomic mass is 9.54. The van der Waals surface area contributed by atoms with Gasteiger partial charge in [-0.3, -0.25) is 0 Å². The minimum Gasteiger partial charge on any atom is -0.489 e. The van der Waals surface area contributed by atoms with Crippen LogP contribution in [-0.2, 0) is 13.2 Å². The highest BCUT2D eigenvalue weighted by Gasteiger charge is 2.47. The van der Waals surface area contributed by atoms with E-state index in [1.165, 1.54) is 48.8 Å². The number of aryl methyl sites for hydroxylation is 1. The van der Waals surface area contributed by atoms with Crippen LogP contribution in [0, 0.1) is 30.6 Å². The Hall–Kier alpha value is -1.80. The molecule has 0 heterocycles. The molecule has 0 atom stereocenters. The highest BCUT2D eigenvalue weighted by atomic mass is 16.5. The molecule has 0 saturated heterocycles. The van der Waals surface area contributed by atoms with Crippen LogP contribution in [0.4, 0.5) is 0 Å². The SMILES string of the molecule is Cc1ccccc1COc1cccc(CNC2C3CC4CC(C3)CC2C4)c1. The normalized spacial score (nSPS) is 31.2. The third-order valence-corrected chi connectivity index (χ3v) is 7.32. The van der Waals surface area contributed by atoms with E-state index in [1.807, 2.05) is 0 Å². The van der Waals surface area contributed by atoms with Crippen LogP contribution in [0.2, 0.25) is 0 Å². The lowest BCUT2D eigenvalue weighted by molar-refractivity contribution is -0.0142. The zero-order valence-electron chi connectivity index (χ0n) is 16.4. The molecule has 0 amide bonds. The van der Waals surface area contributed by atoms with E-state index < -0.39 is 0 Å². The Bertz CT molecular complexity index is 770. The van der Waals surface area contributed by atoms with Gasteiger partial charge in [-0.05, 0) is 91.5 Å². The van der Waals surface area contributed by atoms with Crippen LogP contribution >= 0.6 is 0 Å². The van der Waals surface area contributed by atoms with Gasteiger partial charge in [-0.25, -0.2) is 0 Å². The van der Waals surface area contributed by atoms with E-state index in [0.717, 1.165) is 42.0 Å². The average molecular weight is 362 g/mol. The standard InChI is InChI=1S/C25H31NO/c1-17-5-2-3-7-21(17)16-27-24-8-4-6-18(14-24)15-26-25-22-10-19-9-20(12-22)13-23(25)11-19/h2-8,14,19-20,22-23,25-26H,9-13,15-16H2,1H3. The topological polar surface area (TPSA) is 21.3 Å². The van der Waals surface area contributed by atoms with Crippen molar-refractivity contribution in [3.05, 3.63) is 65.2 Å². The lowest BCUT2D eigenvalue weighted by Gasteiger charge is -2.54. The molecule has 4 aliphatic rings. The highest BCUT2D eigenvalue weighted by molar-refractivity contribution is 5.30. The van der Waals surface area contributed by atoms with Crippen LogP contribution in [0.1, 0.15) is 48.8 Å². The summed E-state index contributed by atoms with van der Waals surface area (Å²) in [5.74, 6) is 4.93. The molecular formula is C25H31NO. The van der Waals surface area contributed by atoms with E-state index >= 15 is 0 Å². The molecular weight excluding hydrogens is 330 g/mol. The van der Waals surface area contributed by atoms with Crippen LogP contribution < -0.4 is 10.1 Å². The summed E-state index contributed by atoms with van der Waals surface area (Å²) in [5.41, 5.74) is 3.89. The van der Waals surface area contributed by atoms with E-state index in [1.54, 1.807) is 0 Å². The molecule has 4 aliphatic carbocycles. The molecule has 4 bridgehead atoms. The molecule has 142 valence electrons. The van der Waals surface area contributed by atoms with Gasteiger partial charge in [-0.2, -0.15) is 0 Å². The summed E-state index contributed by atoms with van der Waals surface area (Å²) in [5, 5.41) is 3.94. The van der Waals surface area contributed by atoms with Gasteiger partial charge >= 0.3 is 0 Å². The first-order chi connectivity index (χ1) is 13.2. The van der Waals surface area contributed by atoms with E-state index in [4.69, 9.17) is 4.74 Å². The van der Waals surface area contributed by atoms with Crippen molar-refractivity contribution in [3.8, 4) is 5.75 Å². The fraction of sp³-hybridized carbons (Fsp3) is 0.520. The number of ether oxygens (including phenoxy) is 1. The zero-order valence-corrected chi connectivity index (χ0v) is 16.4. The number of benzene rings is 2. The molecule has 6 rings (SSSR count). The molecule has 0 aliphatic heterocycles. The molecule has 2 nitrogen and oxygen atoms in total. The van der Waals surface area contributed by atoms with Crippen LogP contribution in [0.3, 0.4) is 0 Å². The monoisotopic (exact) mass is 361 g/mol. The summed E-state index contributed by atoms with van der Waals surface area (Å²) in [7, 11) is 0. The van der Waals surface area contributed by atoms with Crippen LogP contribution in [0.5, 0.6) is 5.75 Å². The maximum Gasteiger partial charge on any atom is 0.120 e. The van der Waals surface area contributed by atoms with Gasteiger partial charge < -0.3 is 10.1 Å².